The van der Waals surface area contributed by atoms with Crippen LogP contribution >= 0.6 is 11.3 Å². The van der Waals surface area contributed by atoms with Gasteiger partial charge in [0.05, 0.1) is 5.69 Å². The van der Waals surface area contributed by atoms with Crippen LogP contribution in [0, 0.1) is 5.82 Å². The lowest BCUT2D eigenvalue weighted by molar-refractivity contribution is 0.630. The van der Waals surface area contributed by atoms with Crippen LogP contribution in [0.15, 0.2) is 60.1 Å². The van der Waals surface area contributed by atoms with E-state index < -0.39 is 0 Å². The van der Waals surface area contributed by atoms with Crippen molar-refractivity contribution in [3.63, 3.8) is 0 Å². The predicted octanol–water partition coefficient (Wildman–Crippen LogP) is 4.72. The highest BCUT2D eigenvalue weighted by molar-refractivity contribution is 7.09. The van der Waals surface area contributed by atoms with Crippen LogP contribution < -0.4 is 5.32 Å². The summed E-state index contributed by atoms with van der Waals surface area (Å²) in [6, 6.07) is 15.1. The number of halogens is 1. The van der Waals surface area contributed by atoms with E-state index in [2.05, 4.69) is 39.6 Å². The number of nitrogens with zero attached hydrogens (tertiary/aromatic N) is 1. The number of rotatable bonds is 5. The molecule has 0 bridgehead atoms. The third kappa shape index (κ3) is 2.96. The fraction of sp³-hybridized carbons (Fsp3) is 0.105. The Bertz CT molecular complexity index is 973. The first kappa shape index (κ1) is 15.1. The van der Waals surface area contributed by atoms with E-state index in [1.165, 1.54) is 17.0 Å². The van der Waals surface area contributed by atoms with E-state index >= 15 is 0 Å². The molecule has 4 rings (SSSR count). The van der Waals surface area contributed by atoms with Gasteiger partial charge in [0.25, 0.3) is 0 Å². The summed E-state index contributed by atoms with van der Waals surface area (Å²) in [5.41, 5.74) is 3.64. The zero-order chi connectivity index (χ0) is 16.4. The van der Waals surface area contributed by atoms with Gasteiger partial charge in [-0.25, -0.2) is 9.37 Å². The maximum absolute atomic E-state index is 13.8. The highest BCUT2D eigenvalue weighted by atomic mass is 32.1. The maximum Gasteiger partial charge on any atom is 0.132 e. The molecule has 4 aromatic rings. The van der Waals surface area contributed by atoms with Crippen LogP contribution in [0.5, 0.6) is 0 Å². The van der Waals surface area contributed by atoms with Crippen LogP contribution in [0.2, 0.25) is 0 Å². The number of hydrogen-bond acceptors (Lipinski definition) is 3. The van der Waals surface area contributed by atoms with Crippen LogP contribution in [0.25, 0.3) is 22.2 Å². The largest absolute Gasteiger partial charge is 0.361 e. The molecule has 2 heterocycles. The first-order valence-electron chi connectivity index (χ1n) is 7.76. The molecule has 5 heteroatoms. The van der Waals surface area contributed by atoms with E-state index in [-0.39, 0.29) is 5.82 Å². The number of aromatic nitrogens is 2. The minimum Gasteiger partial charge on any atom is -0.361 e. The molecule has 0 unspecified atom stereocenters. The molecule has 0 aliphatic carbocycles. The highest BCUT2D eigenvalue weighted by Crippen LogP contribution is 2.24. The second kappa shape index (κ2) is 6.55. The monoisotopic (exact) mass is 337 g/mol. The number of hydrogen-bond donors (Lipinski definition) is 2. The van der Waals surface area contributed by atoms with E-state index in [1.807, 2.05) is 17.6 Å². The number of aromatic amines is 1. The molecular weight excluding hydrogens is 321 g/mol. The molecule has 0 fully saturated rings. The van der Waals surface area contributed by atoms with Gasteiger partial charge in [-0.05, 0) is 29.1 Å². The number of para-hydroxylation sites is 1. The van der Waals surface area contributed by atoms with Gasteiger partial charge in [0, 0.05) is 35.7 Å². The molecule has 3 nitrogen and oxygen atoms in total. The van der Waals surface area contributed by atoms with Crippen molar-refractivity contribution >= 4 is 22.2 Å². The van der Waals surface area contributed by atoms with Crippen LogP contribution in [-0.4, -0.2) is 9.97 Å². The second-order valence-corrected chi connectivity index (χ2v) is 6.51. The molecule has 0 saturated heterocycles. The Morgan fingerprint density at radius 3 is 2.88 bits per heavy atom. The summed E-state index contributed by atoms with van der Waals surface area (Å²) in [7, 11) is 0. The van der Waals surface area contributed by atoms with Gasteiger partial charge in [-0.3, -0.25) is 0 Å². The average molecular weight is 337 g/mol. The molecule has 24 heavy (non-hydrogen) atoms. The lowest BCUT2D eigenvalue weighted by atomic mass is 10.1. The van der Waals surface area contributed by atoms with Gasteiger partial charge in [-0.15, -0.1) is 11.3 Å². The van der Waals surface area contributed by atoms with Crippen molar-refractivity contribution in [3.8, 4) is 11.3 Å². The quantitative estimate of drug-likeness (QED) is 0.553. The molecule has 2 aromatic carbocycles. The Hall–Kier alpha value is -2.50. The lowest BCUT2D eigenvalue weighted by Gasteiger charge is -2.04. The smallest absolute Gasteiger partial charge is 0.132 e. The van der Waals surface area contributed by atoms with Gasteiger partial charge in [0.1, 0.15) is 10.8 Å². The van der Waals surface area contributed by atoms with Gasteiger partial charge in [-0.1, -0.05) is 30.3 Å². The summed E-state index contributed by atoms with van der Waals surface area (Å²) >= 11 is 1.55. The van der Waals surface area contributed by atoms with Gasteiger partial charge >= 0.3 is 0 Å². The SMILES string of the molecule is Fc1ccccc1-c1csc(CNCc2cccc3cc[nH]c23)n1. The van der Waals surface area contributed by atoms with Crippen molar-refractivity contribution < 1.29 is 4.39 Å². The normalized spacial score (nSPS) is 11.2. The third-order valence-electron chi connectivity index (χ3n) is 3.97. The van der Waals surface area contributed by atoms with Crippen LogP contribution in [-0.2, 0) is 13.1 Å². The fourth-order valence-corrected chi connectivity index (χ4v) is 3.55. The maximum atomic E-state index is 13.8. The summed E-state index contributed by atoms with van der Waals surface area (Å²) in [6.07, 6.45) is 1.95. The zero-order valence-corrected chi connectivity index (χ0v) is 13.7. The number of H-pyrrole nitrogens is 1. The number of thiazole rings is 1. The van der Waals surface area contributed by atoms with E-state index in [9.17, 15) is 4.39 Å². The van der Waals surface area contributed by atoms with E-state index in [1.54, 1.807) is 23.5 Å². The molecule has 0 spiro atoms. The molecule has 0 aliphatic heterocycles. The molecule has 120 valence electrons. The summed E-state index contributed by atoms with van der Waals surface area (Å²) in [4.78, 5) is 7.81. The second-order valence-electron chi connectivity index (χ2n) is 5.57. The van der Waals surface area contributed by atoms with E-state index in [0.717, 1.165) is 17.1 Å². The van der Waals surface area contributed by atoms with E-state index in [4.69, 9.17) is 0 Å². The van der Waals surface area contributed by atoms with Crippen molar-refractivity contribution in [1.82, 2.24) is 15.3 Å². The summed E-state index contributed by atoms with van der Waals surface area (Å²) in [5, 5.41) is 7.48. The molecule has 0 radical (unpaired) electrons. The minimum absolute atomic E-state index is 0.235. The predicted molar refractivity (Wildman–Crippen MR) is 96.4 cm³/mol. The standard InChI is InChI=1S/C19H16FN3S/c20-16-7-2-1-6-15(16)17-12-24-18(23-17)11-21-10-14-5-3-4-13-8-9-22-19(13)14/h1-9,12,21-22H,10-11H2. The van der Waals surface area contributed by atoms with Crippen molar-refractivity contribution in [1.29, 1.82) is 0 Å². The van der Waals surface area contributed by atoms with Crippen molar-refractivity contribution in [2.75, 3.05) is 0 Å². The van der Waals surface area contributed by atoms with E-state index in [0.29, 0.717) is 17.8 Å². The fourth-order valence-electron chi connectivity index (χ4n) is 2.79. The van der Waals surface area contributed by atoms with Crippen LogP contribution in [0.3, 0.4) is 0 Å². The molecule has 0 aliphatic rings. The molecule has 2 aromatic heterocycles. The topological polar surface area (TPSA) is 40.7 Å². The molecule has 0 amide bonds. The Kier molecular flexibility index (Phi) is 4.11. The number of fused-ring (bicyclic) bond motifs is 1. The summed E-state index contributed by atoms with van der Waals surface area (Å²) < 4.78 is 13.8. The average Bonchev–Trinajstić information content (AvgIpc) is 3.25. The molecule has 0 atom stereocenters. The first-order chi connectivity index (χ1) is 11.8. The van der Waals surface area contributed by atoms with Gasteiger partial charge in [-0.2, -0.15) is 0 Å². The van der Waals surface area contributed by atoms with Crippen molar-refractivity contribution in [2.24, 2.45) is 0 Å². The van der Waals surface area contributed by atoms with Crippen molar-refractivity contribution in [2.45, 2.75) is 13.1 Å². The Labute approximate surface area is 143 Å². The minimum atomic E-state index is -0.235. The summed E-state index contributed by atoms with van der Waals surface area (Å²) in [5.74, 6) is -0.235. The number of benzene rings is 2. The lowest BCUT2D eigenvalue weighted by Crippen LogP contribution is -2.12. The zero-order valence-electron chi connectivity index (χ0n) is 12.9. The molecule has 2 N–H and O–H groups in total. The van der Waals surface area contributed by atoms with Gasteiger partial charge in [0.15, 0.2) is 0 Å². The van der Waals surface area contributed by atoms with Crippen LogP contribution in [0.1, 0.15) is 10.6 Å². The Morgan fingerprint density at radius 2 is 1.96 bits per heavy atom. The van der Waals surface area contributed by atoms with Gasteiger partial charge in [0.2, 0.25) is 0 Å². The first-order valence-corrected chi connectivity index (χ1v) is 8.64. The van der Waals surface area contributed by atoms with Gasteiger partial charge < -0.3 is 10.3 Å². The van der Waals surface area contributed by atoms with Crippen LogP contribution in [0.4, 0.5) is 4.39 Å². The Morgan fingerprint density at radius 1 is 1.04 bits per heavy atom. The number of nitrogens with one attached hydrogen (secondary N) is 2. The Balaban J connectivity index is 1.44. The molecule has 0 saturated carbocycles. The van der Waals surface area contributed by atoms with Crippen molar-refractivity contribution in [3.05, 3.63) is 76.5 Å². The molecular formula is C19H16FN3S. The highest BCUT2D eigenvalue weighted by Gasteiger charge is 2.09. The third-order valence-corrected chi connectivity index (χ3v) is 4.82. The summed E-state index contributed by atoms with van der Waals surface area (Å²) in [6.45, 7) is 1.42.